The molecule has 0 saturated carbocycles. The standard InChI is InChI=1S/C15H17NO3S/c1-9(8-11-7-6-10(2)20-11)16-15(19)14-12(17)4-3-5-13(14)18/h3-7,9,17-18H,8H2,1-2H3,(H,16,19). The van der Waals surface area contributed by atoms with Crippen LogP contribution in [-0.4, -0.2) is 22.2 Å². The molecule has 1 aromatic carbocycles. The van der Waals surface area contributed by atoms with E-state index in [9.17, 15) is 15.0 Å². The highest BCUT2D eigenvalue weighted by atomic mass is 32.1. The van der Waals surface area contributed by atoms with E-state index in [1.807, 2.05) is 26.0 Å². The zero-order chi connectivity index (χ0) is 14.7. The second-order valence-corrected chi connectivity index (χ2v) is 6.13. The fraction of sp³-hybridized carbons (Fsp3) is 0.267. The number of thiophene rings is 1. The number of phenolic OH excluding ortho intramolecular Hbond substituents is 2. The van der Waals surface area contributed by atoms with Crippen LogP contribution in [0.5, 0.6) is 11.5 Å². The molecule has 1 unspecified atom stereocenters. The summed E-state index contributed by atoms with van der Waals surface area (Å²) in [6.45, 7) is 3.93. The lowest BCUT2D eigenvalue weighted by atomic mass is 10.1. The Labute approximate surface area is 121 Å². The molecule has 0 saturated heterocycles. The molecule has 0 spiro atoms. The van der Waals surface area contributed by atoms with Crippen LogP contribution in [-0.2, 0) is 6.42 Å². The summed E-state index contributed by atoms with van der Waals surface area (Å²) in [5.41, 5.74) is -0.0817. The molecule has 1 amide bonds. The number of benzene rings is 1. The zero-order valence-corrected chi connectivity index (χ0v) is 12.2. The first-order chi connectivity index (χ1) is 9.47. The first kappa shape index (κ1) is 14.4. The molecular formula is C15H17NO3S. The van der Waals surface area contributed by atoms with Gasteiger partial charge in [0.2, 0.25) is 0 Å². The van der Waals surface area contributed by atoms with Gasteiger partial charge in [-0.3, -0.25) is 4.79 Å². The number of aryl methyl sites for hydroxylation is 1. The molecule has 4 nitrogen and oxygen atoms in total. The van der Waals surface area contributed by atoms with Crippen LogP contribution in [0.2, 0.25) is 0 Å². The van der Waals surface area contributed by atoms with Crippen LogP contribution in [0.4, 0.5) is 0 Å². The van der Waals surface area contributed by atoms with Crippen molar-refractivity contribution < 1.29 is 15.0 Å². The lowest BCUT2D eigenvalue weighted by Crippen LogP contribution is -2.33. The number of aromatic hydroxyl groups is 2. The van der Waals surface area contributed by atoms with Gasteiger partial charge in [0.15, 0.2) is 0 Å². The maximum atomic E-state index is 12.1. The first-order valence-corrected chi connectivity index (χ1v) is 7.16. The van der Waals surface area contributed by atoms with E-state index in [1.54, 1.807) is 11.3 Å². The molecule has 0 aliphatic heterocycles. The Hall–Kier alpha value is -2.01. The van der Waals surface area contributed by atoms with Crippen molar-refractivity contribution in [2.24, 2.45) is 0 Å². The molecule has 2 rings (SSSR count). The monoisotopic (exact) mass is 291 g/mol. The van der Waals surface area contributed by atoms with Gasteiger partial charge in [0.05, 0.1) is 0 Å². The van der Waals surface area contributed by atoms with Gasteiger partial charge in [-0.25, -0.2) is 0 Å². The highest BCUT2D eigenvalue weighted by Gasteiger charge is 2.18. The second-order valence-electron chi connectivity index (χ2n) is 4.76. The van der Waals surface area contributed by atoms with Crippen molar-refractivity contribution in [1.82, 2.24) is 5.32 Å². The van der Waals surface area contributed by atoms with Gasteiger partial charge in [-0.15, -0.1) is 11.3 Å². The average molecular weight is 291 g/mol. The molecule has 0 fully saturated rings. The third-order valence-electron chi connectivity index (χ3n) is 2.93. The molecule has 20 heavy (non-hydrogen) atoms. The van der Waals surface area contributed by atoms with E-state index < -0.39 is 5.91 Å². The van der Waals surface area contributed by atoms with Gasteiger partial charge in [0.1, 0.15) is 17.1 Å². The third kappa shape index (κ3) is 3.30. The van der Waals surface area contributed by atoms with Crippen LogP contribution in [0.1, 0.15) is 27.0 Å². The summed E-state index contributed by atoms with van der Waals surface area (Å²) in [5.74, 6) is -0.912. The van der Waals surface area contributed by atoms with E-state index in [1.165, 1.54) is 28.0 Å². The molecule has 0 aliphatic rings. The second kappa shape index (κ2) is 5.96. The number of amides is 1. The molecule has 1 atom stereocenters. The van der Waals surface area contributed by atoms with E-state index in [4.69, 9.17) is 0 Å². The van der Waals surface area contributed by atoms with Crippen LogP contribution >= 0.6 is 11.3 Å². The molecular weight excluding hydrogens is 274 g/mol. The SMILES string of the molecule is Cc1ccc(CC(C)NC(=O)c2c(O)cccc2O)s1. The summed E-state index contributed by atoms with van der Waals surface area (Å²) < 4.78 is 0. The average Bonchev–Trinajstić information content (AvgIpc) is 2.74. The van der Waals surface area contributed by atoms with Gasteiger partial charge in [-0.2, -0.15) is 0 Å². The van der Waals surface area contributed by atoms with Gasteiger partial charge in [0, 0.05) is 22.2 Å². The number of rotatable bonds is 4. The maximum Gasteiger partial charge on any atom is 0.259 e. The fourth-order valence-corrected chi connectivity index (χ4v) is 3.02. The number of phenols is 2. The summed E-state index contributed by atoms with van der Waals surface area (Å²) in [4.78, 5) is 14.5. The van der Waals surface area contributed by atoms with Crippen molar-refractivity contribution in [3.63, 3.8) is 0 Å². The lowest BCUT2D eigenvalue weighted by Gasteiger charge is -2.14. The van der Waals surface area contributed by atoms with Crippen LogP contribution in [0, 0.1) is 6.92 Å². The topological polar surface area (TPSA) is 69.6 Å². The summed E-state index contributed by atoms with van der Waals surface area (Å²) >= 11 is 1.70. The minimum atomic E-state index is -0.471. The summed E-state index contributed by atoms with van der Waals surface area (Å²) in [6.07, 6.45) is 0.721. The van der Waals surface area contributed by atoms with Crippen molar-refractivity contribution >= 4 is 17.2 Å². The Morgan fingerprint density at radius 1 is 1.25 bits per heavy atom. The molecule has 0 radical (unpaired) electrons. The Morgan fingerprint density at radius 2 is 1.90 bits per heavy atom. The fourth-order valence-electron chi connectivity index (χ4n) is 2.00. The van der Waals surface area contributed by atoms with Crippen LogP contribution < -0.4 is 5.32 Å². The zero-order valence-electron chi connectivity index (χ0n) is 11.4. The van der Waals surface area contributed by atoms with E-state index in [0.717, 1.165) is 6.42 Å². The lowest BCUT2D eigenvalue weighted by molar-refractivity contribution is 0.0934. The molecule has 106 valence electrons. The quantitative estimate of drug-likeness (QED) is 0.811. The highest BCUT2D eigenvalue weighted by molar-refractivity contribution is 7.11. The maximum absolute atomic E-state index is 12.1. The summed E-state index contributed by atoms with van der Waals surface area (Å²) in [5, 5.41) is 22.1. The molecule has 2 aromatic rings. The molecule has 0 bridgehead atoms. The van der Waals surface area contributed by atoms with E-state index in [-0.39, 0.29) is 23.1 Å². The first-order valence-electron chi connectivity index (χ1n) is 6.34. The van der Waals surface area contributed by atoms with Crippen LogP contribution in [0.15, 0.2) is 30.3 Å². The Balaban J connectivity index is 2.04. The molecule has 1 heterocycles. The van der Waals surface area contributed by atoms with E-state index >= 15 is 0 Å². The molecule has 5 heteroatoms. The van der Waals surface area contributed by atoms with Crippen molar-refractivity contribution in [3.8, 4) is 11.5 Å². The van der Waals surface area contributed by atoms with Crippen molar-refractivity contribution in [1.29, 1.82) is 0 Å². The summed E-state index contributed by atoms with van der Waals surface area (Å²) in [6, 6.07) is 8.24. The Bertz CT molecular complexity index is 601. The van der Waals surface area contributed by atoms with Gasteiger partial charge in [-0.05, 0) is 38.1 Å². The third-order valence-corrected chi connectivity index (χ3v) is 3.95. The predicted molar refractivity (Wildman–Crippen MR) is 79.5 cm³/mol. The molecule has 3 N–H and O–H groups in total. The van der Waals surface area contributed by atoms with Crippen molar-refractivity contribution in [2.75, 3.05) is 0 Å². The van der Waals surface area contributed by atoms with E-state index in [0.29, 0.717) is 0 Å². The normalized spacial score (nSPS) is 12.1. The van der Waals surface area contributed by atoms with E-state index in [2.05, 4.69) is 5.32 Å². The molecule has 1 aromatic heterocycles. The number of nitrogens with one attached hydrogen (secondary N) is 1. The minimum absolute atomic E-state index is 0.0817. The number of hydrogen-bond acceptors (Lipinski definition) is 4. The smallest absolute Gasteiger partial charge is 0.259 e. The number of carbonyl (C=O) groups excluding carboxylic acids is 1. The van der Waals surface area contributed by atoms with Crippen molar-refractivity contribution in [2.45, 2.75) is 26.3 Å². The van der Waals surface area contributed by atoms with Gasteiger partial charge in [-0.1, -0.05) is 6.07 Å². The molecule has 0 aliphatic carbocycles. The number of hydrogen-bond donors (Lipinski definition) is 3. The van der Waals surface area contributed by atoms with Gasteiger partial charge < -0.3 is 15.5 Å². The van der Waals surface area contributed by atoms with Crippen molar-refractivity contribution in [3.05, 3.63) is 45.6 Å². The summed E-state index contributed by atoms with van der Waals surface area (Å²) in [7, 11) is 0. The number of carbonyl (C=O) groups is 1. The van der Waals surface area contributed by atoms with Gasteiger partial charge >= 0.3 is 0 Å². The van der Waals surface area contributed by atoms with Crippen LogP contribution in [0.25, 0.3) is 0 Å². The predicted octanol–water partition coefficient (Wildman–Crippen LogP) is 2.83. The largest absolute Gasteiger partial charge is 0.507 e. The minimum Gasteiger partial charge on any atom is -0.507 e. The van der Waals surface area contributed by atoms with Gasteiger partial charge in [0.25, 0.3) is 5.91 Å². The Morgan fingerprint density at radius 3 is 2.45 bits per heavy atom. The van der Waals surface area contributed by atoms with Crippen LogP contribution in [0.3, 0.4) is 0 Å². The highest BCUT2D eigenvalue weighted by Crippen LogP contribution is 2.26. The Kier molecular flexibility index (Phi) is 4.29.